The van der Waals surface area contributed by atoms with Crippen molar-refractivity contribution in [3.63, 3.8) is 0 Å². The lowest BCUT2D eigenvalue weighted by Gasteiger charge is -2.23. The summed E-state index contributed by atoms with van der Waals surface area (Å²) in [5, 5.41) is 0. The summed E-state index contributed by atoms with van der Waals surface area (Å²) in [6, 6.07) is 28.2. The highest BCUT2D eigenvalue weighted by Crippen LogP contribution is 2.45. The maximum atomic E-state index is 13.3. The monoisotopic (exact) mass is 391 g/mol. The van der Waals surface area contributed by atoms with Gasteiger partial charge in [-0.3, -0.25) is 4.79 Å². The first kappa shape index (κ1) is 18.2. The number of nitrogens with zero attached hydrogens (tertiary/aromatic N) is 1. The summed E-state index contributed by atoms with van der Waals surface area (Å²) in [5.74, 6) is 2.44. The quantitative estimate of drug-likeness (QED) is 0.531. The number of carbonyl (C=O) groups is 1. The molecule has 1 amide bonds. The van der Waals surface area contributed by atoms with E-state index < -0.39 is 0 Å². The Labute approximate surface area is 169 Å². The second-order valence-electron chi connectivity index (χ2n) is 6.41. The third-order valence-corrected chi connectivity index (χ3v) is 7.65. The maximum absolute atomic E-state index is 13.3. The highest BCUT2D eigenvalue weighted by Gasteiger charge is 2.21. The van der Waals surface area contributed by atoms with E-state index in [1.165, 1.54) is 17.1 Å². The molecule has 4 rings (SSSR count). The van der Waals surface area contributed by atoms with Crippen molar-refractivity contribution >= 4 is 35.1 Å². The van der Waals surface area contributed by atoms with Gasteiger partial charge >= 0.3 is 0 Å². The Kier molecular flexibility index (Phi) is 5.85. The van der Waals surface area contributed by atoms with Crippen molar-refractivity contribution < 1.29 is 4.79 Å². The van der Waals surface area contributed by atoms with E-state index >= 15 is 0 Å². The molecule has 0 unspecified atom stereocenters. The molecule has 27 heavy (non-hydrogen) atoms. The molecule has 1 aliphatic rings. The number of thioether (sulfide) groups is 2. The van der Waals surface area contributed by atoms with Crippen LogP contribution < -0.4 is 4.90 Å². The number of para-hydroxylation sites is 1. The van der Waals surface area contributed by atoms with Gasteiger partial charge in [0.25, 0.3) is 5.91 Å². The van der Waals surface area contributed by atoms with Gasteiger partial charge in [-0.1, -0.05) is 60.7 Å². The lowest BCUT2D eigenvalue weighted by molar-refractivity contribution is 0.0985. The molecule has 1 heterocycles. The van der Waals surface area contributed by atoms with Gasteiger partial charge in [-0.05, 0) is 35.4 Å². The van der Waals surface area contributed by atoms with Gasteiger partial charge in [0.1, 0.15) is 0 Å². The highest BCUT2D eigenvalue weighted by atomic mass is 32.2. The number of hydrogen-bond acceptors (Lipinski definition) is 3. The standard InChI is InChI=1S/C23H21NOS2/c25-22(19-11-13-20(14-12-19)23-26-15-16-27-23)24(21-9-5-2-6-10-21)17-18-7-3-1-4-8-18/h1-14,23H,15-17H2. The molecule has 1 aliphatic heterocycles. The molecule has 0 bridgehead atoms. The van der Waals surface area contributed by atoms with Crippen LogP contribution in [0.1, 0.15) is 26.1 Å². The van der Waals surface area contributed by atoms with Crippen molar-refractivity contribution in [1.82, 2.24) is 0 Å². The normalized spacial score (nSPS) is 14.2. The van der Waals surface area contributed by atoms with Crippen molar-refractivity contribution in [1.29, 1.82) is 0 Å². The van der Waals surface area contributed by atoms with Crippen LogP contribution in [-0.2, 0) is 6.54 Å². The zero-order valence-corrected chi connectivity index (χ0v) is 16.6. The summed E-state index contributed by atoms with van der Waals surface area (Å²) < 4.78 is 0.503. The van der Waals surface area contributed by atoms with Crippen molar-refractivity contribution in [2.24, 2.45) is 0 Å². The number of rotatable bonds is 5. The molecule has 0 saturated carbocycles. The number of amides is 1. The van der Waals surface area contributed by atoms with Crippen LogP contribution in [0, 0.1) is 0 Å². The topological polar surface area (TPSA) is 20.3 Å². The van der Waals surface area contributed by atoms with E-state index in [4.69, 9.17) is 0 Å². The minimum absolute atomic E-state index is 0.0309. The summed E-state index contributed by atoms with van der Waals surface area (Å²) in [4.78, 5) is 15.1. The van der Waals surface area contributed by atoms with Gasteiger partial charge in [-0.25, -0.2) is 0 Å². The van der Waals surface area contributed by atoms with E-state index in [0.717, 1.165) is 16.8 Å². The summed E-state index contributed by atoms with van der Waals surface area (Å²) in [6.45, 7) is 0.555. The van der Waals surface area contributed by atoms with Gasteiger partial charge in [0, 0.05) is 22.8 Å². The van der Waals surface area contributed by atoms with Crippen LogP contribution in [0.3, 0.4) is 0 Å². The van der Waals surface area contributed by atoms with Crippen LogP contribution >= 0.6 is 23.5 Å². The molecule has 2 nitrogen and oxygen atoms in total. The molecule has 3 aromatic carbocycles. The molecule has 136 valence electrons. The van der Waals surface area contributed by atoms with Crippen LogP contribution in [0.5, 0.6) is 0 Å². The molecule has 3 aromatic rings. The van der Waals surface area contributed by atoms with E-state index in [9.17, 15) is 4.79 Å². The van der Waals surface area contributed by atoms with E-state index in [0.29, 0.717) is 11.1 Å². The second kappa shape index (κ2) is 8.68. The van der Waals surface area contributed by atoms with E-state index in [1.54, 1.807) is 0 Å². The fraction of sp³-hybridized carbons (Fsp3) is 0.174. The average molecular weight is 392 g/mol. The SMILES string of the molecule is O=C(c1ccc(C2SCCS2)cc1)N(Cc1ccccc1)c1ccccc1. The first-order valence-corrected chi connectivity index (χ1v) is 11.1. The lowest BCUT2D eigenvalue weighted by Crippen LogP contribution is -2.30. The largest absolute Gasteiger partial charge is 0.304 e. The molecule has 0 radical (unpaired) electrons. The Morgan fingerprint density at radius 1 is 0.815 bits per heavy atom. The smallest absolute Gasteiger partial charge is 0.258 e. The van der Waals surface area contributed by atoms with E-state index in [1.807, 2.05) is 89.1 Å². The number of anilines is 1. The Hall–Kier alpha value is -2.17. The van der Waals surface area contributed by atoms with Crippen LogP contribution in [-0.4, -0.2) is 17.4 Å². The van der Waals surface area contributed by atoms with Crippen LogP contribution in [0.2, 0.25) is 0 Å². The Morgan fingerprint density at radius 3 is 2.04 bits per heavy atom. The van der Waals surface area contributed by atoms with Gasteiger partial charge in [0.05, 0.1) is 11.1 Å². The number of benzene rings is 3. The Bertz CT molecular complexity index is 875. The lowest BCUT2D eigenvalue weighted by atomic mass is 10.1. The maximum Gasteiger partial charge on any atom is 0.258 e. The van der Waals surface area contributed by atoms with Gasteiger partial charge in [-0.15, -0.1) is 23.5 Å². The summed E-state index contributed by atoms with van der Waals surface area (Å²) in [5.41, 5.74) is 4.06. The third-order valence-electron chi connectivity index (χ3n) is 4.55. The fourth-order valence-corrected chi connectivity index (χ4v) is 6.00. The van der Waals surface area contributed by atoms with Crippen molar-refractivity contribution in [2.75, 3.05) is 16.4 Å². The number of carbonyl (C=O) groups excluding carboxylic acids is 1. The molecule has 0 aromatic heterocycles. The van der Waals surface area contributed by atoms with E-state index in [-0.39, 0.29) is 5.91 Å². The molecule has 0 spiro atoms. The fourth-order valence-electron chi connectivity index (χ4n) is 3.14. The second-order valence-corrected chi connectivity index (χ2v) is 9.13. The molecule has 0 N–H and O–H groups in total. The third kappa shape index (κ3) is 4.40. The summed E-state index contributed by atoms with van der Waals surface area (Å²) in [7, 11) is 0. The number of hydrogen-bond donors (Lipinski definition) is 0. The van der Waals surface area contributed by atoms with Gasteiger partial charge < -0.3 is 4.90 Å². The van der Waals surface area contributed by atoms with E-state index in [2.05, 4.69) is 24.3 Å². The average Bonchev–Trinajstić information content (AvgIpc) is 3.28. The van der Waals surface area contributed by atoms with Crippen molar-refractivity contribution in [3.8, 4) is 0 Å². The van der Waals surface area contributed by atoms with Crippen LogP contribution in [0.25, 0.3) is 0 Å². The molecule has 1 fully saturated rings. The predicted molar refractivity (Wildman–Crippen MR) is 117 cm³/mol. The van der Waals surface area contributed by atoms with Gasteiger partial charge in [-0.2, -0.15) is 0 Å². The molecule has 0 atom stereocenters. The summed E-state index contributed by atoms with van der Waals surface area (Å²) >= 11 is 3.96. The minimum atomic E-state index is 0.0309. The van der Waals surface area contributed by atoms with Crippen LogP contribution in [0.15, 0.2) is 84.9 Å². The summed E-state index contributed by atoms with van der Waals surface area (Å²) in [6.07, 6.45) is 0. The van der Waals surface area contributed by atoms with Gasteiger partial charge in [0.15, 0.2) is 0 Å². The Morgan fingerprint density at radius 2 is 1.41 bits per heavy atom. The predicted octanol–water partition coefficient (Wildman–Crippen LogP) is 6.01. The minimum Gasteiger partial charge on any atom is -0.304 e. The molecule has 1 saturated heterocycles. The van der Waals surface area contributed by atoms with Crippen LogP contribution in [0.4, 0.5) is 5.69 Å². The zero-order valence-electron chi connectivity index (χ0n) is 15.0. The van der Waals surface area contributed by atoms with Gasteiger partial charge in [0.2, 0.25) is 0 Å². The van der Waals surface area contributed by atoms with Crippen molar-refractivity contribution in [3.05, 3.63) is 102 Å². The molecular weight excluding hydrogens is 370 g/mol. The van der Waals surface area contributed by atoms with Crippen molar-refractivity contribution in [2.45, 2.75) is 11.1 Å². The first-order valence-electron chi connectivity index (χ1n) is 9.05. The Balaban J connectivity index is 1.60. The zero-order chi connectivity index (χ0) is 18.5. The molecular formula is C23H21NOS2. The molecule has 4 heteroatoms. The molecule has 0 aliphatic carbocycles. The first-order chi connectivity index (χ1) is 13.3. The highest BCUT2D eigenvalue weighted by molar-refractivity contribution is 8.19.